The fourth-order valence-corrected chi connectivity index (χ4v) is 4.62. The zero-order chi connectivity index (χ0) is 12.6. The summed E-state index contributed by atoms with van der Waals surface area (Å²) in [5.74, 6) is -0.515. The fraction of sp³-hybridized carbons (Fsp3) is 0.0909. The van der Waals surface area contributed by atoms with E-state index < -0.39 is 11.9 Å². The van der Waals surface area contributed by atoms with Gasteiger partial charge in [-0.3, -0.25) is 0 Å². The van der Waals surface area contributed by atoms with E-state index in [0.717, 1.165) is 7.57 Å². The Morgan fingerprint density at radius 2 is 2.06 bits per heavy atom. The largest absolute Gasteiger partial charge is 0.383 e. The van der Waals surface area contributed by atoms with Crippen LogP contribution in [0.5, 0.6) is 0 Å². The van der Waals surface area contributed by atoms with Crippen LogP contribution in [0.1, 0.15) is 17.2 Å². The van der Waals surface area contributed by atoms with E-state index in [0.29, 0.717) is 5.56 Å². The third kappa shape index (κ3) is 2.74. The lowest BCUT2D eigenvalue weighted by Crippen LogP contribution is -2.02. The molecule has 0 radical (unpaired) electrons. The summed E-state index contributed by atoms with van der Waals surface area (Å²) < 4.78 is 15.3. The van der Waals surface area contributed by atoms with Gasteiger partial charge in [-0.15, -0.1) is 11.3 Å². The molecule has 2 aromatic rings. The summed E-state index contributed by atoms with van der Waals surface area (Å²) in [6.45, 7) is 0. The third-order valence-electron chi connectivity index (χ3n) is 2.25. The van der Waals surface area contributed by atoms with E-state index in [1.165, 1.54) is 23.5 Å². The van der Waals surface area contributed by atoms with Crippen molar-refractivity contribution in [3.05, 3.63) is 53.8 Å². The van der Waals surface area contributed by atoms with Gasteiger partial charge in [0, 0.05) is 16.1 Å². The molecule has 2 rings (SSSR count). The minimum Gasteiger partial charge on any atom is -0.383 e. The Morgan fingerprint density at radius 1 is 1.35 bits per heavy atom. The molecule has 1 unspecified atom stereocenters. The van der Waals surface area contributed by atoms with Crippen LogP contribution in [0.3, 0.4) is 0 Å². The second-order valence-corrected chi connectivity index (χ2v) is 7.47. The van der Waals surface area contributed by atoms with Crippen molar-refractivity contribution < 1.29 is 9.50 Å². The standard InChI is InChI=1S/C11H6Br2ClFOS/c12-8-4-5(11(13)17-8)10(16)9-6(14)2-1-3-7(9)15/h1-4,10,16H. The number of rotatable bonds is 2. The molecule has 0 aliphatic heterocycles. The number of thiophene rings is 1. The molecule has 0 aliphatic rings. The molecule has 0 spiro atoms. The minimum absolute atomic E-state index is 0.0974. The summed E-state index contributed by atoms with van der Waals surface area (Å²) in [6, 6.07) is 6.08. The molecule has 6 heteroatoms. The first-order valence-electron chi connectivity index (χ1n) is 4.57. The Balaban J connectivity index is 2.51. The van der Waals surface area contributed by atoms with Crippen LogP contribution < -0.4 is 0 Å². The smallest absolute Gasteiger partial charge is 0.130 e. The monoisotopic (exact) mass is 398 g/mol. The first kappa shape index (κ1) is 13.5. The van der Waals surface area contributed by atoms with Crippen LogP contribution in [0, 0.1) is 5.82 Å². The number of hydrogen-bond donors (Lipinski definition) is 1. The molecule has 1 atom stereocenters. The SMILES string of the molecule is OC(c1cc(Br)sc1Br)c1c(F)cccc1Cl. The van der Waals surface area contributed by atoms with Crippen LogP contribution in [0.25, 0.3) is 0 Å². The second kappa shape index (κ2) is 5.36. The normalized spacial score (nSPS) is 12.8. The summed E-state index contributed by atoms with van der Waals surface area (Å²) >= 11 is 14.0. The van der Waals surface area contributed by atoms with Gasteiger partial charge in [-0.25, -0.2) is 4.39 Å². The van der Waals surface area contributed by atoms with Crippen molar-refractivity contribution in [3.8, 4) is 0 Å². The van der Waals surface area contributed by atoms with E-state index in [1.807, 2.05) is 0 Å². The summed E-state index contributed by atoms with van der Waals surface area (Å²) in [4.78, 5) is 0. The Kier molecular flexibility index (Phi) is 4.26. The molecule has 1 heterocycles. The maximum Gasteiger partial charge on any atom is 0.130 e. The number of aliphatic hydroxyl groups is 1. The molecule has 0 saturated heterocycles. The topological polar surface area (TPSA) is 20.2 Å². The predicted molar refractivity (Wildman–Crippen MR) is 75.2 cm³/mol. The van der Waals surface area contributed by atoms with Gasteiger partial charge < -0.3 is 5.11 Å². The molecule has 17 heavy (non-hydrogen) atoms. The molecule has 1 nitrogen and oxygen atoms in total. The fourth-order valence-electron chi connectivity index (χ4n) is 1.47. The van der Waals surface area contributed by atoms with Crippen LogP contribution in [-0.2, 0) is 0 Å². The molecule has 1 aromatic carbocycles. The zero-order valence-corrected chi connectivity index (χ0v) is 13.0. The molecule has 90 valence electrons. The first-order chi connectivity index (χ1) is 8.00. The lowest BCUT2D eigenvalue weighted by molar-refractivity contribution is 0.215. The molecule has 1 aromatic heterocycles. The average Bonchev–Trinajstić information content (AvgIpc) is 2.57. The van der Waals surface area contributed by atoms with Gasteiger partial charge in [0.15, 0.2) is 0 Å². The van der Waals surface area contributed by atoms with Crippen molar-refractivity contribution in [3.63, 3.8) is 0 Å². The second-order valence-electron chi connectivity index (χ2n) is 3.32. The maximum atomic E-state index is 13.7. The average molecular weight is 400 g/mol. The summed E-state index contributed by atoms with van der Waals surface area (Å²) in [6.07, 6.45) is -1.08. The van der Waals surface area contributed by atoms with Gasteiger partial charge in [-0.2, -0.15) is 0 Å². The van der Waals surface area contributed by atoms with Crippen LogP contribution in [0.15, 0.2) is 31.8 Å². The van der Waals surface area contributed by atoms with E-state index in [1.54, 1.807) is 12.1 Å². The van der Waals surface area contributed by atoms with Crippen molar-refractivity contribution in [1.29, 1.82) is 0 Å². The van der Waals surface area contributed by atoms with Crippen LogP contribution in [0.4, 0.5) is 4.39 Å². The number of hydrogen-bond acceptors (Lipinski definition) is 2. The minimum atomic E-state index is -1.08. The number of benzene rings is 1. The molecule has 0 bridgehead atoms. The lowest BCUT2D eigenvalue weighted by atomic mass is 10.0. The summed E-state index contributed by atoms with van der Waals surface area (Å²) in [5.41, 5.74) is 0.689. The molecule has 1 N–H and O–H groups in total. The van der Waals surface area contributed by atoms with Crippen molar-refractivity contribution in [1.82, 2.24) is 0 Å². The van der Waals surface area contributed by atoms with Gasteiger partial charge in [-0.05, 0) is 50.1 Å². The highest BCUT2D eigenvalue weighted by atomic mass is 79.9. The summed E-state index contributed by atoms with van der Waals surface area (Å²) in [7, 11) is 0. The van der Waals surface area contributed by atoms with Crippen LogP contribution in [0.2, 0.25) is 5.02 Å². The Labute approximate surface area is 123 Å². The molecule has 0 aliphatic carbocycles. The third-order valence-corrected chi connectivity index (χ3v) is 4.97. The van der Waals surface area contributed by atoms with Gasteiger partial charge in [0.1, 0.15) is 11.9 Å². The highest BCUT2D eigenvalue weighted by Crippen LogP contribution is 2.40. The molecular weight excluding hydrogens is 394 g/mol. The maximum absolute atomic E-state index is 13.7. The van der Waals surface area contributed by atoms with E-state index >= 15 is 0 Å². The molecular formula is C11H6Br2ClFOS. The van der Waals surface area contributed by atoms with Gasteiger partial charge in [0.25, 0.3) is 0 Å². The number of halogens is 4. The van der Waals surface area contributed by atoms with Gasteiger partial charge >= 0.3 is 0 Å². The van der Waals surface area contributed by atoms with Crippen molar-refractivity contribution in [2.24, 2.45) is 0 Å². The Hall–Kier alpha value is 0.0600. The van der Waals surface area contributed by atoms with E-state index in [4.69, 9.17) is 11.6 Å². The quantitative estimate of drug-likeness (QED) is 0.739. The Bertz CT molecular complexity index is 538. The van der Waals surface area contributed by atoms with E-state index in [9.17, 15) is 9.50 Å². The van der Waals surface area contributed by atoms with E-state index in [-0.39, 0.29) is 10.6 Å². The molecule has 0 fully saturated rings. The van der Waals surface area contributed by atoms with Gasteiger partial charge in [-0.1, -0.05) is 17.7 Å². The van der Waals surface area contributed by atoms with E-state index in [2.05, 4.69) is 31.9 Å². The summed E-state index contributed by atoms with van der Waals surface area (Å²) in [5, 5.41) is 10.4. The zero-order valence-electron chi connectivity index (χ0n) is 8.25. The van der Waals surface area contributed by atoms with Crippen molar-refractivity contribution in [2.45, 2.75) is 6.10 Å². The Morgan fingerprint density at radius 3 is 2.59 bits per heavy atom. The molecule has 0 amide bonds. The van der Waals surface area contributed by atoms with Crippen molar-refractivity contribution >= 4 is 54.8 Å². The lowest BCUT2D eigenvalue weighted by Gasteiger charge is -2.13. The predicted octanol–water partition coefficient (Wildman–Crippen LogP) is 5.15. The van der Waals surface area contributed by atoms with Crippen LogP contribution in [-0.4, -0.2) is 5.11 Å². The molecule has 0 saturated carbocycles. The highest BCUT2D eigenvalue weighted by molar-refractivity contribution is 9.12. The number of aliphatic hydroxyl groups excluding tert-OH is 1. The van der Waals surface area contributed by atoms with Gasteiger partial charge in [0.2, 0.25) is 0 Å². The highest BCUT2D eigenvalue weighted by Gasteiger charge is 2.22. The van der Waals surface area contributed by atoms with Crippen LogP contribution >= 0.6 is 54.8 Å². The van der Waals surface area contributed by atoms with Gasteiger partial charge in [0.05, 0.1) is 7.57 Å². The van der Waals surface area contributed by atoms with Crippen molar-refractivity contribution in [2.75, 3.05) is 0 Å². The first-order valence-corrected chi connectivity index (χ1v) is 7.35.